The van der Waals surface area contributed by atoms with Crippen LogP contribution in [0.25, 0.3) is 11.0 Å². The molecule has 5 heteroatoms. The van der Waals surface area contributed by atoms with Gasteiger partial charge in [-0.05, 0) is 24.1 Å². The number of hydrogen-bond acceptors (Lipinski definition) is 3. The molecule has 4 rings (SSSR count). The summed E-state index contributed by atoms with van der Waals surface area (Å²) in [6.45, 7) is 2.42. The number of nitrogens with one attached hydrogen (secondary N) is 2. The Labute approximate surface area is 147 Å². The molecule has 1 aromatic heterocycles. The molecule has 0 unspecified atom stereocenters. The van der Waals surface area contributed by atoms with Crippen LogP contribution in [0.1, 0.15) is 17.8 Å². The monoisotopic (exact) mass is 334 g/mol. The first-order valence-electron chi connectivity index (χ1n) is 8.79. The summed E-state index contributed by atoms with van der Waals surface area (Å²) in [4.78, 5) is 22.5. The Morgan fingerprint density at radius 2 is 1.96 bits per heavy atom. The van der Waals surface area contributed by atoms with Crippen molar-refractivity contribution in [3.63, 3.8) is 0 Å². The van der Waals surface area contributed by atoms with E-state index in [0.717, 1.165) is 36.4 Å². The lowest BCUT2D eigenvalue weighted by molar-refractivity contribution is -0.131. The van der Waals surface area contributed by atoms with Gasteiger partial charge in [-0.1, -0.05) is 42.5 Å². The van der Waals surface area contributed by atoms with Gasteiger partial charge in [-0.25, -0.2) is 4.98 Å². The molecule has 1 fully saturated rings. The zero-order valence-corrected chi connectivity index (χ0v) is 14.1. The Balaban J connectivity index is 1.27. The lowest BCUT2D eigenvalue weighted by Gasteiger charge is -2.39. The molecular formula is C20H22N4O. The van der Waals surface area contributed by atoms with Gasteiger partial charge in [-0.2, -0.15) is 0 Å². The third-order valence-corrected chi connectivity index (χ3v) is 4.76. The van der Waals surface area contributed by atoms with Gasteiger partial charge in [0.2, 0.25) is 5.91 Å². The lowest BCUT2D eigenvalue weighted by atomic mass is 10.0. The van der Waals surface area contributed by atoms with Crippen LogP contribution < -0.4 is 5.32 Å². The van der Waals surface area contributed by atoms with E-state index in [-0.39, 0.29) is 11.9 Å². The number of benzene rings is 2. The molecule has 2 N–H and O–H groups in total. The van der Waals surface area contributed by atoms with Crippen LogP contribution in [0.4, 0.5) is 0 Å². The van der Waals surface area contributed by atoms with Gasteiger partial charge < -0.3 is 10.3 Å². The summed E-state index contributed by atoms with van der Waals surface area (Å²) in [6.07, 6.45) is 1.65. The second-order valence-electron chi connectivity index (χ2n) is 6.50. The smallest absolute Gasteiger partial charge is 0.237 e. The third kappa shape index (κ3) is 3.56. The molecule has 3 aromatic rings. The Morgan fingerprint density at radius 3 is 2.72 bits per heavy atom. The summed E-state index contributed by atoms with van der Waals surface area (Å²) in [6, 6.07) is 18.3. The van der Waals surface area contributed by atoms with E-state index in [1.54, 1.807) is 0 Å². The van der Waals surface area contributed by atoms with Gasteiger partial charge in [-0.3, -0.25) is 9.69 Å². The van der Waals surface area contributed by atoms with E-state index in [1.807, 2.05) is 42.5 Å². The highest BCUT2D eigenvalue weighted by atomic mass is 16.2. The summed E-state index contributed by atoms with van der Waals surface area (Å²) in [5.74, 6) is 1.04. The highest BCUT2D eigenvalue weighted by Gasteiger charge is 2.33. The van der Waals surface area contributed by atoms with Gasteiger partial charge in [-0.15, -0.1) is 0 Å². The Bertz CT molecular complexity index is 825. The van der Waals surface area contributed by atoms with Gasteiger partial charge in [0.25, 0.3) is 0 Å². The maximum absolute atomic E-state index is 12.4. The molecule has 1 amide bonds. The van der Waals surface area contributed by atoms with Crippen LogP contribution in [-0.2, 0) is 17.8 Å². The largest absolute Gasteiger partial charge is 0.354 e. The van der Waals surface area contributed by atoms with Crippen molar-refractivity contribution in [2.75, 3.05) is 13.1 Å². The zero-order valence-electron chi connectivity index (χ0n) is 14.1. The number of amides is 1. The van der Waals surface area contributed by atoms with Crippen molar-refractivity contribution in [3.05, 3.63) is 66.0 Å². The maximum atomic E-state index is 12.4. The summed E-state index contributed by atoms with van der Waals surface area (Å²) in [7, 11) is 0. The fourth-order valence-electron chi connectivity index (χ4n) is 3.29. The standard InChI is InChI=1S/C20H22N4O/c25-20(18-11-13-24(18)14-15-6-2-1-3-7-15)21-12-10-19-22-16-8-4-5-9-17(16)23-19/h1-9,18H,10-14H2,(H,21,25)(H,22,23)/t18-/m0/s1. The first-order valence-corrected chi connectivity index (χ1v) is 8.79. The molecule has 0 aliphatic carbocycles. The summed E-state index contributed by atoms with van der Waals surface area (Å²) in [5.41, 5.74) is 3.26. The number of imidazole rings is 1. The van der Waals surface area contributed by atoms with Crippen molar-refractivity contribution in [1.82, 2.24) is 20.2 Å². The lowest BCUT2D eigenvalue weighted by Crippen LogP contribution is -2.55. The number of rotatable bonds is 6. The van der Waals surface area contributed by atoms with Crippen LogP contribution in [0.15, 0.2) is 54.6 Å². The summed E-state index contributed by atoms with van der Waals surface area (Å²) < 4.78 is 0. The molecule has 2 heterocycles. The Kier molecular flexibility index (Phi) is 4.48. The number of nitrogens with zero attached hydrogens (tertiary/aromatic N) is 2. The second kappa shape index (κ2) is 7.07. The molecule has 1 atom stereocenters. The first-order chi connectivity index (χ1) is 12.3. The molecule has 128 valence electrons. The molecule has 0 saturated carbocycles. The minimum absolute atomic E-state index is 0.00382. The van der Waals surface area contributed by atoms with Gasteiger partial charge in [0.15, 0.2) is 0 Å². The summed E-state index contributed by atoms with van der Waals surface area (Å²) >= 11 is 0. The highest BCUT2D eigenvalue weighted by molar-refractivity contribution is 5.82. The SMILES string of the molecule is O=C(NCCc1nc2ccccc2[nH]1)[C@@H]1CCN1Cc1ccccc1. The van der Waals surface area contributed by atoms with Crippen molar-refractivity contribution >= 4 is 16.9 Å². The number of aromatic nitrogens is 2. The molecule has 0 spiro atoms. The van der Waals surface area contributed by atoms with E-state index in [4.69, 9.17) is 0 Å². The van der Waals surface area contributed by atoms with Crippen LogP contribution in [0.2, 0.25) is 0 Å². The molecule has 1 saturated heterocycles. The van der Waals surface area contributed by atoms with Crippen LogP contribution >= 0.6 is 0 Å². The van der Waals surface area contributed by atoms with Crippen LogP contribution in [0, 0.1) is 0 Å². The van der Waals surface area contributed by atoms with Crippen LogP contribution in [0.5, 0.6) is 0 Å². The van der Waals surface area contributed by atoms with E-state index in [9.17, 15) is 4.79 Å². The van der Waals surface area contributed by atoms with E-state index >= 15 is 0 Å². The average molecular weight is 334 g/mol. The molecule has 5 nitrogen and oxygen atoms in total. The normalized spacial score (nSPS) is 17.4. The number of para-hydroxylation sites is 2. The minimum atomic E-state index is -0.00382. The third-order valence-electron chi connectivity index (χ3n) is 4.76. The van der Waals surface area contributed by atoms with Gasteiger partial charge in [0.05, 0.1) is 17.1 Å². The number of aromatic amines is 1. The molecule has 2 aromatic carbocycles. The number of hydrogen-bond donors (Lipinski definition) is 2. The predicted octanol–water partition coefficient (Wildman–Crippen LogP) is 2.50. The quantitative estimate of drug-likeness (QED) is 0.728. The Morgan fingerprint density at radius 1 is 1.16 bits per heavy atom. The topological polar surface area (TPSA) is 61.0 Å². The molecule has 1 aliphatic heterocycles. The van der Waals surface area contributed by atoms with E-state index in [0.29, 0.717) is 13.0 Å². The maximum Gasteiger partial charge on any atom is 0.237 e. The molecule has 0 bridgehead atoms. The van der Waals surface area contributed by atoms with Crippen molar-refractivity contribution < 1.29 is 4.79 Å². The van der Waals surface area contributed by atoms with Crippen molar-refractivity contribution in [3.8, 4) is 0 Å². The van der Waals surface area contributed by atoms with Gasteiger partial charge in [0.1, 0.15) is 5.82 Å². The molecule has 25 heavy (non-hydrogen) atoms. The van der Waals surface area contributed by atoms with Crippen LogP contribution in [0.3, 0.4) is 0 Å². The van der Waals surface area contributed by atoms with Crippen molar-refractivity contribution in [1.29, 1.82) is 0 Å². The minimum Gasteiger partial charge on any atom is -0.354 e. The summed E-state index contributed by atoms with van der Waals surface area (Å²) in [5, 5.41) is 3.05. The number of likely N-dealkylation sites (tertiary alicyclic amines) is 1. The Hall–Kier alpha value is -2.66. The zero-order chi connectivity index (χ0) is 17.1. The van der Waals surface area contributed by atoms with Crippen molar-refractivity contribution in [2.45, 2.75) is 25.4 Å². The van der Waals surface area contributed by atoms with Gasteiger partial charge in [0, 0.05) is 26.1 Å². The molecular weight excluding hydrogens is 312 g/mol. The fraction of sp³-hybridized carbons (Fsp3) is 0.300. The molecule has 0 radical (unpaired) electrons. The predicted molar refractivity (Wildman–Crippen MR) is 98.1 cm³/mol. The van der Waals surface area contributed by atoms with Crippen molar-refractivity contribution in [2.24, 2.45) is 0 Å². The first kappa shape index (κ1) is 15.8. The van der Waals surface area contributed by atoms with Crippen LogP contribution in [-0.4, -0.2) is 39.9 Å². The number of fused-ring (bicyclic) bond motifs is 1. The highest BCUT2D eigenvalue weighted by Crippen LogP contribution is 2.20. The second-order valence-corrected chi connectivity index (χ2v) is 6.50. The van der Waals surface area contributed by atoms with Gasteiger partial charge >= 0.3 is 0 Å². The number of carbonyl (C=O) groups excluding carboxylic acids is 1. The fourth-order valence-corrected chi connectivity index (χ4v) is 3.29. The average Bonchev–Trinajstić information content (AvgIpc) is 3.02. The molecule has 1 aliphatic rings. The number of H-pyrrole nitrogens is 1. The van der Waals surface area contributed by atoms with E-state index in [2.05, 4.69) is 32.3 Å². The van der Waals surface area contributed by atoms with E-state index in [1.165, 1.54) is 5.56 Å². The number of carbonyl (C=O) groups is 1. The van der Waals surface area contributed by atoms with E-state index < -0.39 is 0 Å².